The SMILES string of the molecule is Brc1cccc2ccc(NCCc3nc(-c4ccco4)n[nH]3)nc12. The molecule has 24 heavy (non-hydrogen) atoms. The van der Waals surface area contributed by atoms with Crippen molar-refractivity contribution >= 4 is 32.7 Å². The predicted molar refractivity (Wildman–Crippen MR) is 95.7 cm³/mol. The number of benzene rings is 1. The number of fused-ring (bicyclic) bond motifs is 1. The Morgan fingerprint density at radius 2 is 2.04 bits per heavy atom. The molecule has 3 aromatic heterocycles. The second-order valence-corrected chi connectivity index (χ2v) is 6.12. The number of para-hydroxylation sites is 1. The average Bonchev–Trinajstić information content (AvgIpc) is 3.27. The molecule has 0 aliphatic heterocycles. The fourth-order valence-electron chi connectivity index (χ4n) is 2.44. The van der Waals surface area contributed by atoms with Crippen LogP contribution in [0.2, 0.25) is 0 Å². The van der Waals surface area contributed by atoms with Gasteiger partial charge in [-0.2, -0.15) is 5.10 Å². The van der Waals surface area contributed by atoms with E-state index in [1.807, 2.05) is 36.4 Å². The lowest BCUT2D eigenvalue weighted by atomic mass is 10.2. The molecule has 0 saturated heterocycles. The predicted octanol–water partition coefficient (Wildman–Crippen LogP) is 4.03. The van der Waals surface area contributed by atoms with E-state index in [2.05, 4.69) is 47.5 Å². The summed E-state index contributed by atoms with van der Waals surface area (Å²) in [6.45, 7) is 0.704. The summed E-state index contributed by atoms with van der Waals surface area (Å²) in [7, 11) is 0. The summed E-state index contributed by atoms with van der Waals surface area (Å²) in [5.74, 6) is 2.87. The third-order valence-corrected chi connectivity index (χ3v) is 4.25. The standard InChI is InChI=1S/C17H14BrN5O/c18-12-4-1-3-11-6-7-14(20-16(11)12)19-9-8-15-21-17(23-22-15)13-5-2-10-24-13/h1-7,10H,8-9H2,(H,19,20)(H,21,22,23). The summed E-state index contributed by atoms with van der Waals surface area (Å²) >= 11 is 3.54. The van der Waals surface area contributed by atoms with E-state index in [1.54, 1.807) is 6.26 Å². The van der Waals surface area contributed by atoms with E-state index in [4.69, 9.17) is 4.42 Å². The first-order valence-electron chi connectivity index (χ1n) is 7.54. The van der Waals surface area contributed by atoms with E-state index in [9.17, 15) is 0 Å². The largest absolute Gasteiger partial charge is 0.461 e. The van der Waals surface area contributed by atoms with Gasteiger partial charge in [0.05, 0.1) is 11.8 Å². The van der Waals surface area contributed by atoms with Gasteiger partial charge < -0.3 is 9.73 Å². The fraction of sp³-hybridized carbons (Fsp3) is 0.118. The van der Waals surface area contributed by atoms with Gasteiger partial charge in [-0.25, -0.2) is 9.97 Å². The van der Waals surface area contributed by atoms with Crippen LogP contribution in [-0.4, -0.2) is 26.7 Å². The Balaban J connectivity index is 1.41. The normalized spacial score (nSPS) is 11.0. The molecule has 7 heteroatoms. The number of hydrogen-bond acceptors (Lipinski definition) is 5. The molecule has 0 aliphatic carbocycles. The fourth-order valence-corrected chi connectivity index (χ4v) is 2.91. The van der Waals surface area contributed by atoms with Crippen molar-refractivity contribution in [3.05, 3.63) is 59.0 Å². The summed E-state index contributed by atoms with van der Waals surface area (Å²) < 4.78 is 6.27. The maximum atomic E-state index is 5.28. The number of aromatic nitrogens is 4. The van der Waals surface area contributed by atoms with Gasteiger partial charge in [0, 0.05) is 22.8 Å². The van der Waals surface area contributed by atoms with Crippen molar-refractivity contribution in [2.75, 3.05) is 11.9 Å². The van der Waals surface area contributed by atoms with E-state index in [-0.39, 0.29) is 0 Å². The second kappa shape index (κ2) is 6.45. The highest BCUT2D eigenvalue weighted by atomic mass is 79.9. The first kappa shape index (κ1) is 14.9. The van der Waals surface area contributed by atoms with E-state index in [0.29, 0.717) is 24.6 Å². The minimum absolute atomic E-state index is 0.572. The highest BCUT2D eigenvalue weighted by molar-refractivity contribution is 9.10. The molecule has 6 nitrogen and oxygen atoms in total. The van der Waals surface area contributed by atoms with Gasteiger partial charge >= 0.3 is 0 Å². The molecule has 0 radical (unpaired) electrons. The number of halogens is 1. The molecule has 0 amide bonds. The quantitative estimate of drug-likeness (QED) is 0.543. The molecule has 3 heterocycles. The monoisotopic (exact) mass is 383 g/mol. The molecule has 4 rings (SSSR count). The number of hydrogen-bond donors (Lipinski definition) is 2. The van der Waals surface area contributed by atoms with Gasteiger partial charge in [-0.1, -0.05) is 12.1 Å². The minimum Gasteiger partial charge on any atom is -0.461 e. The van der Waals surface area contributed by atoms with Gasteiger partial charge in [0.25, 0.3) is 0 Å². The van der Waals surface area contributed by atoms with Crippen molar-refractivity contribution < 1.29 is 4.42 Å². The molecule has 2 N–H and O–H groups in total. The van der Waals surface area contributed by atoms with Crippen molar-refractivity contribution in [2.24, 2.45) is 0 Å². The zero-order valence-corrected chi connectivity index (χ0v) is 14.2. The lowest BCUT2D eigenvalue weighted by Crippen LogP contribution is -2.07. The van der Waals surface area contributed by atoms with Gasteiger partial charge in [0.15, 0.2) is 5.76 Å². The van der Waals surface area contributed by atoms with Crippen molar-refractivity contribution in [3.8, 4) is 11.6 Å². The Labute approximate surface area is 146 Å². The van der Waals surface area contributed by atoms with E-state index < -0.39 is 0 Å². The van der Waals surface area contributed by atoms with Crippen molar-refractivity contribution in [1.82, 2.24) is 20.2 Å². The van der Waals surface area contributed by atoms with Gasteiger partial charge in [-0.3, -0.25) is 5.10 Å². The zero-order chi connectivity index (χ0) is 16.4. The number of H-pyrrole nitrogens is 1. The van der Waals surface area contributed by atoms with Crippen LogP contribution in [0.1, 0.15) is 5.82 Å². The smallest absolute Gasteiger partial charge is 0.216 e. The molecule has 4 aromatic rings. The Hall–Kier alpha value is -2.67. The topological polar surface area (TPSA) is 79.6 Å². The molecular formula is C17H14BrN5O. The average molecular weight is 384 g/mol. The Morgan fingerprint density at radius 1 is 1.08 bits per heavy atom. The first-order valence-corrected chi connectivity index (χ1v) is 8.33. The van der Waals surface area contributed by atoms with Crippen LogP contribution in [-0.2, 0) is 6.42 Å². The molecule has 0 saturated carbocycles. The number of aromatic amines is 1. The molecule has 0 unspecified atom stereocenters. The molecule has 0 aliphatic rings. The molecule has 0 fully saturated rings. The van der Waals surface area contributed by atoms with Gasteiger partial charge in [-0.15, -0.1) is 0 Å². The molecular weight excluding hydrogens is 370 g/mol. The van der Waals surface area contributed by atoms with E-state index in [0.717, 1.165) is 27.0 Å². The van der Waals surface area contributed by atoms with Crippen molar-refractivity contribution in [1.29, 1.82) is 0 Å². The summed E-state index contributed by atoms with van der Waals surface area (Å²) in [6, 6.07) is 13.7. The number of furan rings is 1. The van der Waals surface area contributed by atoms with Crippen LogP contribution >= 0.6 is 15.9 Å². The number of pyridine rings is 1. The summed E-state index contributed by atoms with van der Waals surface area (Å²) in [4.78, 5) is 9.05. The molecule has 120 valence electrons. The van der Waals surface area contributed by atoms with E-state index in [1.165, 1.54) is 0 Å². The summed E-state index contributed by atoms with van der Waals surface area (Å²) in [5.41, 5.74) is 0.947. The zero-order valence-electron chi connectivity index (χ0n) is 12.7. The molecule has 0 atom stereocenters. The maximum Gasteiger partial charge on any atom is 0.216 e. The molecule has 1 aromatic carbocycles. The number of nitrogens with one attached hydrogen (secondary N) is 2. The highest BCUT2D eigenvalue weighted by Gasteiger charge is 2.08. The van der Waals surface area contributed by atoms with Gasteiger partial charge in [-0.05, 0) is 46.3 Å². The Kier molecular flexibility index (Phi) is 4.00. The minimum atomic E-state index is 0.572. The van der Waals surface area contributed by atoms with Crippen LogP contribution in [0, 0.1) is 0 Å². The Bertz CT molecular complexity index is 964. The van der Waals surface area contributed by atoms with Crippen LogP contribution in [0.25, 0.3) is 22.5 Å². The van der Waals surface area contributed by atoms with E-state index >= 15 is 0 Å². The van der Waals surface area contributed by atoms with Gasteiger partial charge in [0.2, 0.25) is 5.82 Å². The number of rotatable bonds is 5. The lowest BCUT2D eigenvalue weighted by molar-refractivity contribution is 0.577. The van der Waals surface area contributed by atoms with Crippen LogP contribution in [0.15, 0.2) is 57.6 Å². The summed E-state index contributed by atoms with van der Waals surface area (Å²) in [5, 5.41) is 11.5. The number of anilines is 1. The van der Waals surface area contributed by atoms with Crippen LogP contribution < -0.4 is 5.32 Å². The first-order chi connectivity index (χ1) is 11.8. The highest BCUT2D eigenvalue weighted by Crippen LogP contribution is 2.23. The third kappa shape index (κ3) is 3.03. The van der Waals surface area contributed by atoms with Crippen molar-refractivity contribution in [2.45, 2.75) is 6.42 Å². The third-order valence-electron chi connectivity index (χ3n) is 3.61. The second-order valence-electron chi connectivity index (χ2n) is 5.27. The Morgan fingerprint density at radius 3 is 2.92 bits per heavy atom. The molecule has 0 bridgehead atoms. The lowest BCUT2D eigenvalue weighted by Gasteiger charge is -2.06. The molecule has 0 spiro atoms. The van der Waals surface area contributed by atoms with Crippen LogP contribution in [0.5, 0.6) is 0 Å². The van der Waals surface area contributed by atoms with Crippen molar-refractivity contribution in [3.63, 3.8) is 0 Å². The summed E-state index contributed by atoms with van der Waals surface area (Å²) in [6.07, 6.45) is 2.32. The number of nitrogens with zero attached hydrogens (tertiary/aromatic N) is 3. The van der Waals surface area contributed by atoms with Gasteiger partial charge in [0.1, 0.15) is 11.6 Å². The van der Waals surface area contributed by atoms with Crippen LogP contribution in [0.4, 0.5) is 5.82 Å². The maximum absolute atomic E-state index is 5.28. The van der Waals surface area contributed by atoms with Crippen LogP contribution in [0.3, 0.4) is 0 Å².